The van der Waals surface area contributed by atoms with Crippen LogP contribution in [0.5, 0.6) is 0 Å². The molecule has 1 aliphatic heterocycles. The summed E-state index contributed by atoms with van der Waals surface area (Å²) >= 11 is 0. The Hall–Kier alpha value is -0.810. The molecular weight excluding hydrogens is 218 g/mol. The van der Waals surface area contributed by atoms with Crippen LogP contribution in [-0.4, -0.2) is 48.8 Å². The van der Waals surface area contributed by atoms with Crippen molar-refractivity contribution >= 4 is 6.09 Å². The van der Waals surface area contributed by atoms with Crippen molar-refractivity contribution < 1.29 is 9.53 Å². The van der Waals surface area contributed by atoms with Gasteiger partial charge < -0.3 is 15.8 Å². The molecule has 0 aromatic rings. The SMILES string of the molecule is CC(C)(C)OC(=O)NCC1CCCN1CCN. The average molecular weight is 243 g/mol. The molecule has 17 heavy (non-hydrogen) atoms. The summed E-state index contributed by atoms with van der Waals surface area (Å²) in [7, 11) is 0. The molecule has 1 atom stereocenters. The zero-order valence-electron chi connectivity index (χ0n) is 11.2. The van der Waals surface area contributed by atoms with Crippen molar-refractivity contribution in [1.82, 2.24) is 10.2 Å². The van der Waals surface area contributed by atoms with Gasteiger partial charge in [-0.15, -0.1) is 0 Å². The first-order chi connectivity index (χ1) is 7.92. The summed E-state index contributed by atoms with van der Waals surface area (Å²) in [5, 5.41) is 2.83. The molecule has 0 spiro atoms. The van der Waals surface area contributed by atoms with Crippen LogP contribution in [0.15, 0.2) is 0 Å². The third-order valence-corrected chi connectivity index (χ3v) is 2.80. The van der Waals surface area contributed by atoms with Crippen molar-refractivity contribution in [2.75, 3.05) is 26.2 Å². The Morgan fingerprint density at radius 1 is 1.53 bits per heavy atom. The molecule has 0 aliphatic carbocycles. The number of nitrogens with two attached hydrogens (primary N) is 1. The minimum Gasteiger partial charge on any atom is -0.444 e. The molecule has 1 fully saturated rings. The first-order valence-corrected chi connectivity index (χ1v) is 6.33. The van der Waals surface area contributed by atoms with Crippen molar-refractivity contribution in [2.45, 2.75) is 45.3 Å². The van der Waals surface area contributed by atoms with E-state index in [0.29, 0.717) is 19.1 Å². The highest BCUT2D eigenvalue weighted by Crippen LogP contribution is 2.15. The van der Waals surface area contributed by atoms with E-state index in [2.05, 4.69) is 10.2 Å². The van der Waals surface area contributed by atoms with Gasteiger partial charge in [0.1, 0.15) is 5.60 Å². The molecule has 0 aromatic carbocycles. The van der Waals surface area contributed by atoms with Crippen molar-refractivity contribution in [3.8, 4) is 0 Å². The lowest BCUT2D eigenvalue weighted by Gasteiger charge is -2.25. The number of likely N-dealkylation sites (tertiary alicyclic amines) is 1. The largest absolute Gasteiger partial charge is 0.444 e. The lowest BCUT2D eigenvalue weighted by molar-refractivity contribution is 0.0514. The predicted octanol–water partition coefficient (Wildman–Crippen LogP) is 0.934. The van der Waals surface area contributed by atoms with Gasteiger partial charge in [-0.25, -0.2) is 4.79 Å². The van der Waals surface area contributed by atoms with Crippen molar-refractivity contribution in [3.63, 3.8) is 0 Å². The molecule has 1 heterocycles. The monoisotopic (exact) mass is 243 g/mol. The van der Waals surface area contributed by atoms with Crippen LogP contribution in [0.2, 0.25) is 0 Å². The molecule has 0 radical (unpaired) electrons. The van der Waals surface area contributed by atoms with Gasteiger partial charge >= 0.3 is 6.09 Å². The van der Waals surface area contributed by atoms with Crippen LogP contribution < -0.4 is 11.1 Å². The number of hydrogen-bond acceptors (Lipinski definition) is 4. The molecular formula is C12H25N3O2. The standard InChI is InChI=1S/C12H25N3O2/c1-12(2,3)17-11(16)14-9-10-5-4-7-15(10)8-6-13/h10H,4-9,13H2,1-3H3,(H,14,16). The summed E-state index contributed by atoms with van der Waals surface area (Å²) in [4.78, 5) is 13.8. The first-order valence-electron chi connectivity index (χ1n) is 6.33. The molecule has 0 aromatic heterocycles. The number of rotatable bonds is 4. The number of carbonyl (C=O) groups is 1. The molecule has 1 aliphatic rings. The number of nitrogens with zero attached hydrogens (tertiary/aromatic N) is 1. The minimum absolute atomic E-state index is 0.336. The van der Waals surface area contributed by atoms with E-state index in [1.54, 1.807) is 0 Å². The number of hydrogen-bond donors (Lipinski definition) is 2. The Kier molecular flexibility index (Phi) is 5.21. The Labute approximate surface area is 104 Å². The molecule has 3 N–H and O–H groups in total. The van der Waals surface area contributed by atoms with Gasteiger partial charge in [0.25, 0.3) is 0 Å². The van der Waals surface area contributed by atoms with Crippen molar-refractivity contribution in [1.29, 1.82) is 0 Å². The molecule has 1 rings (SSSR count). The van der Waals surface area contributed by atoms with Crippen molar-refractivity contribution in [3.05, 3.63) is 0 Å². The Bertz CT molecular complexity index is 251. The van der Waals surface area contributed by atoms with E-state index in [4.69, 9.17) is 10.5 Å². The summed E-state index contributed by atoms with van der Waals surface area (Å²) in [5.74, 6) is 0. The highest BCUT2D eigenvalue weighted by Gasteiger charge is 2.24. The fourth-order valence-corrected chi connectivity index (χ4v) is 2.10. The Balaban J connectivity index is 2.27. The van der Waals surface area contributed by atoms with E-state index in [1.807, 2.05) is 20.8 Å². The summed E-state index contributed by atoms with van der Waals surface area (Å²) < 4.78 is 5.20. The number of ether oxygens (including phenoxy) is 1. The van der Waals surface area contributed by atoms with Crippen LogP contribution in [0.3, 0.4) is 0 Å². The van der Waals surface area contributed by atoms with Crippen LogP contribution >= 0.6 is 0 Å². The van der Waals surface area contributed by atoms with Crippen LogP contribution in [0.1, 0.15) is 33.6 Å². The highest BCUT2D eigenvalue weighted by atomic mass is 16.6. The normalized spacial score (nSPS) is 21.5. The fraction of sp³-hybridized carbons (Fsp3) is 0.917. The average Bonchev–Trinajstić information content (AvgIpc) is 2.60. The molecule has 1 unspecified atom stereocenters. The van der Waals surface area contributed by atoms with E-state index in [9.17, 15) is 4.79 Å². The predicted molar refractivity (Wildman–Crippen MR) is 67.9 cm³/mol. The van der Waals surface area contributed by atoms with Crippen LogP contribution in [-0.2, 0) is 4.74 Å². The van der Waals surface area contributed by atoms with E-state index in [-0.39, 0.29) is 6.09 Å². The second-order valence-electron chi connectivity index (χ2n) is 5.50. The van der Waals surface area contributed by atoms with Gasteiger partial charge in [0, 0.05) is 25.7 Å². The zero-order valence-corrected chi connectivity index (χ0v) is 11.2. The van der Waals surface area contributed by atoms with Crippen LogP contribution in [0.4, 0.5) is 4.79 Å². The van der Waals surface area contributed by atoms with Gasteiger partial charge in [0.2, 0.25) is 0 Å². The first kappa shape index (κ1) is 14.3. The number of amides is 1. The summed E-state index contributed by atoms with van der Waals surface area (Å²) in [5.41, 5.74) is 5.12. The number of carbonyl (C=O) groups excluding carboxylic acids is 1. The molecule has 1 saturated heterocycles. The molecule has 1 amide bonds. The second kappa shape index (κ2) is 6.21. The van der Waals surface area contributed by atoms with Crippen LogP contribution in [0, 0.1) is 0 Å². The summed E-state index contributed by atoms with van der Waals surface area (Å²) in [6.07, 6.45) is 1.97. The molecule has 5 heteroatoms. The topological polar surface area (TPSA) is 67.6 Å². The number of alkyl carbamates (subject to hydrolysis) is 1. The van der Waals surface area contributed by atoms with Crippen molar-refractivity contribution in [2.24, 2.45) is 5.73 Å². The zero-order chi connectivity index (χ0) is 12.9. The quantitative estimate of drug-likeness (QED) is 0.771. The maximum atomic E-state index is 11.5. The maximum Gasteiger partial charge on any atom is 0.407 e. The van der Waals surface area contributed by atoms with E-state index in [1.165, 1.54) is 6.42 Å². The van der Waals surface area contributed by atoms with Gasteiger partial charge in [0.05, 0.1) is 0 Å². The minimum atomic E-state index is -0.434. The third kappa shape index (κ3) is 5.37. The highest BCUT2D eigenvalue weighted by molar-refractivity contribution is 5.67. The lowest BCUT2D eigenvalue weighted by Crippen LogP contribution is -2.43. The maximum absolute atomic E-state index is 11.5. The summed E-state index contributed by atoms with van der Waals surface area (Å²) in [6, 6.07) is 0.408. The van der Waals surface area contributed by atoms with Gasteiger partial charge in [-0.1, -0.05) is 0 Å². The second-order valence-corrected chi connectivity index (χ2v) is 5.50. The van der Waals surface area contributed by atoms with E-state index >= 15 is 0 Å². The number of nitrogens with one attached hydrogen (secondary N) is 1. The smallest absolute Gasteiger partial charge is 0.407 e. The molecule has 0 saturated carbocycles. The molecule has 100 valence electrons. The van der Waals surface area contributed by atoms with Crippen LogP contribution in [0.25, 0.3) is 0 Å². The molecule has 5 nitrogen and oxygen atoms in total. The van der Waals surface area contributed by atoms with Gasteiger partial charge in [-0.05, 0) is 40.2 Å². The Morgan fingerprint density at radius 3 is 2.82 bits per heavy atom. The van der Waals surface area contributed by atoms with E-state index in [0.717, 1.165) is 19.5 Å². The fourth-order valence-electron chi connectivity index (χ4n) is 2.10. The van der Waals surface area contributed by atoms with Gasteiger partial charge in [-0.3, -0.25) is 4.90 Å². The molecule has 0 bridgehead atoms. The lowest BCUT2D eigenvalue weighted by atomic mass is 10.2. The third-order valence-electron chi connectivity index (χ3n) is 2.80. The van der Waals surface area contributed by atoms with Gasteiger partial charge in [-0.2, -0.15) is 0 Å². The van der Waals surface area contributed by atoms with Gasteiger partial charge in [0.15, 0.2) is 0 Å². The van der Waals surface area contributed by atoms with E-state index < -0.39 is 5.60 Å². The Morgan fingerprint density at radius 2 is 2.24 bits per heavy atom. The summed E-state index contributed by atoms with van der Waals surface area (Å²) in [6.45, 7) is 8.89.